The Morgan fingerprint density at radius 3 is 2.80 bits per heavy atom. The van der Waals surface area contributed by atoms with Crippen molar-refractivity contribution in [1.29, 1.82) is 0 Å². The first kappa shape index (κ1) is 17.9. The lowest BCUT2D eigenvalue weighted by atomic mass is 9.75. The summed E-state index contributed by atoms with van der Waals surface area (Å²) in [6.07, 6.45) is 13.1. The predicted octanol–water partition coefficient (Wildman–Crippen LogP) is 6.39. The summed E-state index contributed by atoms with van der Waals surface area (Å²) in [7, 11) is 0. The second-order valence-corrected chi connectivity index (χ2v) is 8.77. The number of fused-ring (bicyclic) bond motifs is 1. The molecule has 1 aromatic carbocycles. The van der Waals surface area contributed by atoms with Crippen molar-refractivity contribution in [3.05, 3.63) is 70.8 Å². The Bertz CT molecular complexity index is 890. The van der Waals surface area contributed by atoms with Gasteiger partial charge in [-0.3, -0.25) is 0 Å². The van der Waals surface area contributed by atoms with Gasteiger partial charge in [0.25, 0.3) is 5.01 Å². The lowest BCUT2D eigenvalue weighted by molar-refractivity contribution is -0.665. The Morgan fingerprint density at radius 1 is 1.28 bits per heavy atom. The van der Waals surface area contributed by atoms with Crippen LogP contribution in [0.2, 0.25) is 0 Å². The van der Waals surface area contributed by atoms with Crippen LogP contribution in [0.15, 0.2) is 60.2 Å². The van der Waals surface area contributed by atoms with Crippen molar-refractivity contribution in [3.63, 3.8) is 0 Å². The predicted molar refractivity (Wildman–Crippen MR) is 111 cm³/mol. The van der Waals surface area contributed by atoms with Crippen molar-refractivity contribution in [3.8, 4) is 0 Å². The fraction of sp³-hybridized carbons (Fsp3) is 0.348. The number of hydrogen-bond acceptors (Lipinski definition) is 1. The van der Waals surface area contributed by atoms with Crippen LogP contribution < -0.4 is 4.57 Å². The highest BCUT2D eigenvalue weighted by atomic mass is 32.1. The van der Waals surface area contributed by atoms with E-state index >= 15 is 0 Å². The Morgan fingerprint density at radius 2 is 2.08 bits per heavy atom. The number of aromatic nitrogens is 1. The molecule has 25 heavy (non-hydrogen) atoms. The molecule has 0 atom stereocenters. The third-order valence-corrected chi connectivity index (χ3v) is 5.79. The number of thiazole rings is 1. The lowest BCUT2D eigenvalue weighted by Gasteiger charge is -2.30. The largest absolute Gasteiger partial charge is 0.263 e. The van der Waals surface area contributed by atoms with E-state index in [2.05, 4.69) is 75.3 Å². The van der Waals surface area contributed by atoms with Crippen molar-refractivity contribution >= 4 is 27.6 Å². The van der Waals surface area contributed by atoms with Crippen LogP contribution in [0.5, 0.6) is 0 Å². The van der Waals surface area contributed by atoms with E-state index in [9.17, 15) is 0 Å². The molecule has 1 heterocycles. The molecule has 3 rings (SSSR count). The normalized spacial score (nSPS) is 18.9. The molecule has 1 aliphatic rings. The van der Waals surface area contributed by atoms with E-state index in [4.69, 9.17) is 0 Å². The third kappa shape index (κ3) is 4.01. The van der Waals surface area contributed by atoms with Crippen LogP contribution in [0.4, 0.5) is 0 Å². The maximum absolute atomic E-state index is 3.79. The second kappa shape index (κ2) is 7.13. The number of nitrogens with zero attached hydrogens (tertiary/aromatic N) is 1. The molecular weight excluding hydrogens is 322 g/mol. The van der Waals surface area contributed by atoms with Crippen LogP contribution in [-0.2, 0) is 6.54 Å². The van der Waals surface area contributed by atoms with Gasteiger partial charge in [-0.05, 0) is 54.9 Å². The van der Waals surface area contributed by atoms with Gasteiger partial charge in [-0.25, -0.2) is 0 Å². The van der Waals surface area contributed by atoms with Crippen LogP contribution in [-0.4, -0.2) is 0 Å². The monoisotopic (exact) mass is 350 g/mol. The fourth-order valence-corrected chi connectivity index (χ4v) is 5.00. The number of rotatable bonds is 4. The molecule has 2 heteroatoms. The molecule has 1 aliphatic carbocycles. The highest BCUT2D eigenvalue weighted by Gasteiger charge is 2.26. The average molecular weight is 351 g/mol. The molecule has 0 spiro atoms. The molecule has 0 saturated heterocycles. The first-order valence-corrected chi connectivity index (χ1v) is 9.87. The number of allylic oxidation sites excluding steroid dienone is 6. The van der Waals surface area contributed by atoms with Gasteiger partial charge >= 0.3 is 0 Å². The molecule has 0 aliphatic heterocycles. The molecule has 0 amide bonds. The number of aryl methyl sites for hydroxylation is 2. The minimum absolute atomic E-state index is 0.297. The summed E-state index contributed by atoms with van der Waals surface area (Å²) in [5, 5.41) is 1.35. The standard InChI is InChI=1S/C23H28NS/c1-6-8-9-18-13-19(16-23(4,5)15-18)14-22-24(7-2)20-11-10-17(3)12-21(20)25-22/h6,8-14H,1,7,15-16H2,2-5H3/q+1/b9-8+,19-14-. The minimum Gasteiger partial charge on any atom is -0.182 e. The summed E-state index contributed by atoms with van der Waals surface area (Å²) >= 11 is 1.90. The molecule has 0 saturated carbocycles. The van der Waals surface area contributed by atoms with Gasteiger partial charge in [-0.15, -0.1) is 0 Å². The van der Waals surface area contributed by atoms with Crippen LogP contribution in [0.1, 0.15) is 44.2 Å². The minimum atomic E-state index is 0.297. The van der Waals surface area contributed by atoms with Crippen molar-refractivity contribution in [2.45, 2.75) is 47.1 Å². The number of benzene rings is 1. The molecule has 0 bridgehead atoms. The van der Waals surface area contributed by atoms with Crippen molar-refractivity contribution in [2.75, 3.05) is 0 Å². The second-order valence-electron chi connectivity index (χ2n) is 7.71. The van der Waals surface area contributed by atoms with E-state index in [0.29, 0.717) is 5.41 Å². The third-order valence-electron chi connectivity index (χ3n) is 4.69. The maximum Gasteiger partial charge on any atom is 0.263 e. The van der Waals surface area contributed by atoms with Gasteiger partial charge in [0.05, 0.1) is 0 Å². The van der Waals surface area contributed by atoms with Gasteiger partial charge in [0.2, 0.25) is 5.52 Å². The van der Waals surface area contributed by atoms with Gasteiger partial charge in [0.1, 0.15) is 11.2 Å². The van der Waals surface area contributed by atoms with Crippen molar-refractivity contribution in [1.82, 2.24) is 0 Å². The van der Waals surface area contributed by atoms with Crippen LogP contribution >= 0.6 is 11.3 Å². The fourth-order valence-electron chi connectivity index (χ4n) is 3.70. The highest BCUT2D eigenvalue weighted by Crippen LogP contribution is 2.39. The van der Waals surface area contributed by atoms with Gasteiger partial charge in [0.15, 0.2) is 0 Å². The Hall–Kier alpha value is -1.93. The summed E-state index contributed by atoms with van der Waals surface area (Å²) in [5.41, 5.74) is 5.78. The van der Waals surface area contributed by atoms with Crippen molar-refractivity contribution < 1.29 is 4.57 Å². The van der Waals surface area contributed by atoms with E-state index in [1.807, 2.05) is 23.5 Å². The van der Waals surface area contributed by atoms with Gasteiger partial charge in [-0.1, -0.05) is 62.1 Å². The molecular formula is C23H28NS+. The quantitative estimate of drug-likeness (QED) is 0.444. The summed E-state index contributed by atoms with van der Waals surface area (Å²) in [5.74, 6) is 0. The maximum atomic E-state index is 3.79. The highest BCUT2D eigenvalue weighted by molar-refractivity contribution is 7.18. The summed E-state index contributed by atoms with van der Waals surface area (Å²) in [4.78, 5) is 0. The molecule has 1 nitrogen and oxygen atoms in total. The molecule has 130 valence electrons. The first-order chi connectivity index (χ1) is 11.9. The van der Waals surface area contributed by atoms with E-state index < -0.39 is 0 Å². The van der Waals surface area contributed by atoms with Gasteiger partial charge in [-0.2, -0.15) is 4.57 Å². The van der Waals surface area contributed by atoms with E-state index in [1.54, 1.807) is 0 Å². The zero-order valence-electron chi connectivity index (χ0n) is 15.8. The topological polar surface area (TPSA) is 3.88 Å². The Labute approximate surface area is 155 Å². The van der Waals surface area contributed by atoms with Gasteiger partial charge in [0, 0.05) is 12.1 Å². The lowest BCUT2D eigenvalue weighted by Crippen LogP contribution is -2.33. The summed E-state index contributed by atoms with van der Waals surface area (Å²) in [6, 6.07) is 6.76. The van der Waals surface area contributed by atoms with Crippen LogP contribution in [0.25, 0.3) is 16.3 Å². The Balaban J connectivity index is 2.08. The average Bonchev–Trinajstić information content (AvgIpc) is 2.87. The van der Waals surface area contributed by atoms with E-state index in [1.165, 1.54) is 31.9 Å². The van der Waals surface area contributed by atoms with Crippen molar-refractivity contribution in [2.24, 2.45) is 5.41 Å². The van der Waals surface area contributed by atoms with Crippen LogP contribution in [0, 0.1) is 12.3 Å². The summed E-state index contributed by atoms with van der Waals surface area (Å²) in [6.45, 7) is 13.9. The molecule has 2 aromatic rings. The van der Waals surface area contributed by atoms with E-state index in [0.717, 1.165) is 19.4 Å². The zero-order chi connectivity index (χ0) is 18.0. The molecule has 0 radical (unpaired) electrons. The van der Waals surface area contributed by atoms with Gasteiger partial charge < -0.3 is 0 Å². The summed E-state index contributed by atoms with van der Waals surface area (Å²) < 4.78 is 3.81. The SMILES string of the molecule is C=C/C=C/C1=CC(=C/c2sc3cc(C)ccc3[n+]2CC)/CC(C)(C)C1. The zero-order valence-corrected chi connectivity index (χ0v) is 16.6. The molecule has 0 unspecified atom stereocenters. The van der Waals surface area contributed by atoms with Crippen LogP contribution in [0.3, 0.4) is 0 Å². The number of hydrogen-bond donors (Lipinski definition) is 0. The molecule has 0 N–H and O–H groups in total. The first-order valence-electron chi connectivity index (χ1n) is 9.05. The molecule has 1 aromatic heterocycles. The smallest absolute Gasteiger partial charge is 0.182 e. The van der Waals surface area contributed by atoms with E-state index in [-0.39, 0.29) is 0 Å². The Kier molecular flexibility index (Phi) is 5.10. The molecule has 0 fully saturated rings.